The number of thiophene rings is 1. The van der Waals surface area contributed by atoms with Crippen molar-refractivity contribution in [3.05, 3.63) is 65.0 Å². The molecule has 9 nitrogen and oxygen atoms in total. The normalized spacial score (nSPS) is 11.0. The number of nitrogens with zero attached hydrogens (tertiary/aromatic N) is 3. The summed E-state index contributed by atoms with van der Waals surface area (Å²) in [7, 11) is 3.13. The summed E-state index contributed by atoms with van der Waals surface area (Å²) in [6, 6.07) is 17.8. The second-order valence-corrected chi connectivity index (χ2v) is 8.13. The van der Waals surface area contributed by atoms with Gasteiger partial charge in [-0.15, -0.1) is 16.4 Å². The van der Waals surface area contributed by atoms with E-state index in [0.29, 0.717) is 22.1 Å². The molecule has 0 radical (unpaired) electrons. The second kappa shape index (κ2) is 8.75. The molecule has 2 N–H and O–H groups in total. The van der Waals surface area contributed by atoms with Crippen molar-refractivity contribution >= 4 is 44.1 Å². The number of anilines is 1. The summed E-state index contributed by atoms with van der Waals surface area (Å²) in [6.45, 7) is 0.282. The lowest BCUT2D eigenvalue weighted by Gasteiger charge is -2.11. The average molecular weight is 462 g/mol. The van der Waals surface area contributed by atoms with Crippen molar-refractivity contribution in [2.45, 2.75) is 6.61 Å². The van der Waals surface area contributed by atoms with E-state index < -0.39 is 5.91 Å². The van der Waals surface area contributed by atoms with Crippen molar-refractivity contribution in [3.63, 3.8) is 0 Å². The number of hydrogen-bond acceptors (Lipinski definition) is 8. The van der Waals surface area contributed by atoms with Crippen molar-refractivity contribution < 1.29 is 19.0 Å². The molecule has 2 aromatic heterocycles. The molecule has 5 rings (SSSR count). The van der Waals surface area contributed by atoms with E-state index in [1.807, 2.05) is 36.4 Å². The lowest BCUT2D eigenvalue weighted by Crippen LogP contribution is -2.13. The standard InChI is InChI=1S/C23H19N5O4S/c1-30-17-10-16-19(11-18(17)31-2)33-21(22(29)24-23-25-27-28-26-23)20(16)32-12-14-8-5-7-13-6-3-4-9-15(13)14/h3-11H,12H2,1-2H3,(H2,24,25,26,27,28,29). The molecule has 33 heavy (non-hydrogen) atoms. The Morgan fingerprint density at radius 2 is 1.82 bits per heavy atom. The van der Waals surface area contributed by atoms with E-state index in [1.54, 1.807) is 14.2 Å². The van der Waals surface area contributed by atoms with Crippen molar-refractivity contribution in [2.75, 3.05) is 19.5 Å². The van der Waals surface area contributed by atoms with Gasteiger partial charge in [-0.1, -0.05) is 47.6 Å². The minimum absolute atomic E-state index is 0.0765. The first kappa shape index (κ1) is 20.7. The molecule has 0 saturated carbocycles. The van der Waals surface area contributed by atoms with Gasteiger partial charge in [0.25, 0.3) is 11.9 Å². The lowest BCUT2D eigenvalue weighted by atomic mass is 10.1. The quantitative estimate of drug-likeness (QED) is 0.369. The number of rotatable bonds is 7. The van der Waals surface area contributed by atoms with Crippen molar-refractivity contribution in [1.82, 2.24) is 20.6 Å². The van der Waals surface area contributed by atoms with Gasteiger partial charge in [-0.3, -0.25) is 10.1 Å². The fourth-order valence-corrected chi connectivity index (χ4v) is 4.69. The summed E-state index contributed by atoms with van der Waals surface area (Å²) in [5.74, 6) is 1.24. The smallest absolute Gasteiger partial charge is 0.272 e. The Bertz CT molecular complexity index is 1440. The van der Waals surface area contributed by atoms with Gasteiger partial charge in [0.05, 0.1) is 14.2 Å². The number of aromatic amines is 1. The topological polar surface area (TPSA) is 111 Å². The second-order valence-electron chi connectivity index (χ2n) is 7.08. The first-order chi connectivity index (χ1) is 16.2. The van der Waals surface area contributed by atoms with E-state index >= 15 is 0 Å². The predicted molar refractivity (Wildman–Crippen MR) is 125 cm³/mol. The van der Waals surface area contributed by atoms with Crippen LogP contribution in [0.5, 0.6) is 17.2 Å². The molecule has 0 fully saturated rings. The number of carbonyl (C=O) groups is 1. The third-order valence-electron chi connectivity index (χ3n) is 5.18. The third kappa shape index (κ3) is 3.92. The highest BCUT2D eigenvalue weighted by atomic mass is 32.1. The molecular formula is C23H19N5O4S. The molecule has 166 valence electrons. The van der Waals surface area contributed by atoms with Crippen molar-refractivity contribution in [2.24, 2.45) is 0 Å². The van der Waals surface area contributed by atoms with Crippen LogP contribution in [-0.4, -0.2) is 40.8 Å². The molecule has 0 aliphatic carbocycles. The van der Waals surface area contributed by atoms with Crippen molar-refractivity contribution in [1.29, 1.82) is 0 Å². The Hall–Kier alpha value is -4.18. The maximum absolute atomic E-state index is 13.1. The molecule has 1 amide bonds. The SMILES string of the molecule is COc1cc2sc(C(=O)Nc3nn[nH]n3)c(OCc3cccc4ccccc34)c2cc1OC. The van der Waals surface area contributed by atoms with Crippen molar-refractivity contribution in [3.8, 4) is 17.2 Å². The lowest BCUT2D eigenvalue weighted by molar-refractivity contribution is 0.102. The monoisotopic (exact) mass is 461 g/mol. The van der Waals surface area contributed by atoms with Gasteiger partial charge >= 0.3 is 0 Å². The van der Waals surface area contributed by atoms with Gasteiger partial charge in [0, 0.05) is 16.2 Å². The maximum atomic E-state index is 13.1. The van der Waals surface area contributed by atoms with E-state index in [4.69, 9.17) is 14.2 Å². The molecule has 3 aromatic carbocycles. The zero-order valence-electron chi connectivity index (χ0n) is 17.8. The van der Waals surface area contributed by atoms with Gasteiger partial charge in [0.2, 0.25) is 0 Å². The van der Waals surface area contributed by atoms with Crippen LogP contribution in [0.3, 0.4) is 0 Å². The number of nitrogens with one attached hydrogen (secondary N) is 2. The zero-order chi connectivity index (χ0) is 22.8. The van der Waals surface area contributed by atoms with E-state index in [9.17, 15) is 4.79 Å². The summed E-state index contributed by atoms with van der Waals surface area (Å²) in [5, 5.41) is 19.0. The first-order valence-corrected chi connectivity index (χ1v) is 10.8. The molecule has 0 spiro atoms. The summed E-state index contributed by atoms with van der Waals surface area (Å²) >= 11 is 1.28. The number of hydrogen-bond donors (Lipinski definition) is 2. The first-order valence-electron chi connectivity index (χ1n) is 10.0. The fourth-order valence-electron chi connectivity index (χ4n) is 3.63. The fraction of sp³-hybridized carbons (Fsp3) is 0.130. The molecule has 0 aliphatic rings. The highest BCUT2D eigenvalue weighted by Crippen LogP contribution is 2.44. The molecule has 0 unspecified atom stereocenters. The van der Waals surface area contributed by atoms with Gasteiger partial charge in [0.15, 0.2) is 17.2 Å². The minimum atomic E-state index is -0.400. The number of ether oxygens (including phenoxy) is 3. The Labute approximate surface area is 192 Å². The minimum Gasteiger partial charge on any atom is -0.493 e. The highest BCUT2D eigenvalue weighted by Gasteiger charge is 2.23. The summed E-state index contributed by atoms with van der Waals surface area (Å²) in [4.78, 5) is 13.5. The summed E-state index contributed by atoms with van der Waals surface area (Å²) in [6.07, 6.45) is 0. The molecule has 2 heterocycles. The molecule has 10 heteroatoms. The van der Waals surface area contributed by atoms with Crippen LogP contribution in [0.15, 0.2) is 54.6 Å². The van der Waals surface area contributed by atoms with E-state index in [0.717, 1.165) is 26.4 Å². The number of methoxy groups -OCH3 is 2. The molecule has 0 saturated heterocycles. The molecule has 0 atom stereocenters. The van der Waals surface area contributed by atoms with Crippen LogP contribution in [0.1, 0.15) is 15.2 Å². The zero-order valence-corrected chi connectivity index (χ0v) is 18.6. The van der Waals surface area contributed by atoms with Crippen LogP contribution >= 0.6 is 11.3 Å². The summed E-state index contributed by atoms with van der Waals surface area (Å²) in [5.41, 5.74) is 1.01. The van der Waals surface area contributed by atoms with Crippen LogP contribution in [0.4, 0.5) is 5.95 Å². The predicted octanol–water partition coefficient (Wildman–Crippen LogP) is 4.42. The largest absolute Gasteiger partial charge is 0.493 e. The third-order valence-corrected chi connectivity index (χ3v) is 6.31. The summed E-state index contributed by atoms with van der Waals surface area (Å²) < 4.78 is 18.0. The van der Waals surface area contributed by atoms with E-state index in [2.05, 4.69) is 44.1 Å². The Kier molecular flexibility index (Phi) is 5.49. The highest BCUT2D eigenvalue weighted by molar-refractivity contribution is 7.21. The Morgan fingerprint density at radius 1 is 1.03 bits per heavy atom. The van der Waals surface area contributed by atoms with Crippen LogP contribution in [0.25, 0.3) is 20.9 Å². The van der Waals surface area contributed by atoms with Gasteiger partial charge < -0.3 is 14.2 Å². The van der Waals surface area contributed by atoms with E-state index in [-0.39, 0.29) is 12.6 Å². The Balaban J connectivity index is 1.57. The Morgan fingerprint density at radius 3 is 2.61 bits per heavy atom. The van der Waals surface area contributed by atoms with Gasteiger partial charge in [-0.25, -0.2) is 0 Å². The van der Waals surface area contributed by atoms with Gasteiger partial charge in [0.1, 0.15) is 11.5 Å². The number of H-pyrrole nitrogens is 1. The number of amides is 1. The molecule has 0 aliphatic heterocycles. The molecular weight excluding hydrogens is 442 g/mol. The van der Waals surface area contributed by atoms with E-state index in [1.165, 1.54) is 11.3 Å². The van der Waals surface area contributed by atoms with Crippen LogP contribution in [0.2, 0.25) is 0 Å². The molecule has 0 bridgehead atoms. The number of benzene rings is 3. The number of fused-ring (bicyclic) bond motifs is 2. The number of tetrazole rings is 1. The van der Waals surface area contributed by atoms with Crippen LogP contribution in [-0.2, 0) is 6.61 Å². The molecule has 5 aromatic rings. The average Bonchev–Trinajstić information content (AvgIpc) is 3.49. The van der Waals surface area contributed by atoms with Crippen LogP contribution < -0.4 is 19.5 Å². The van der Waals surface area contributed by atoms with Gasteiger partial charge in [-0.05, 0) is 27.6 Å². The number of aromatic nitrogens is 4. The van der Waals surface area contributed by atoms with Gasteiger partial charge in [-0.2, -0.15) is 5.21 Å². The maximum Gasteiger partial charge on any atom is 0.272 e. The number of carbonyl (C=O) groups excluding carboxylic acids is 1. The van der Waals surface area contributed by atoms with Crippen LogP contribution in [0, 0.1) is 0 Å².